The molecule has 11 heteroatoms. The molecule has 3 aliphatic carbocycles. The predicted octanol–water partition coefficient (Wildman–Crippen LogP) is -0.199. The largest absolute Gasteiger partial charge is 0.508 e. The standard InChI is InChI=1S/C26H29N3O8/c1-28(2)14-3-4-15(30)17-12(14)5-11-6-13-19(29-7-25(8-29)9-37-10-25)21(32)18(24(27)35)23(34)26(13,36)22(33)16(11)20(17)31/h3-4,11,13,19,30-31,34,36H,5-10H2,1-2H3,(H2,27,35)/t11-,13-,19+,26-/m0/s1. The Morgan fingerprint density at radius 2 is 1.84 bits per heavy atom. The van der Waals surface area contributed by atoms with Gasteiger partial charge in [-0.3, -0.25) is 19.3 Å². The zero-order valence-corrected chi connectivity index (χ0v) is 20.5. The highest BCUT2D eigenvalue weighted by atomic mass is 16.5. The molecule has 6 rings (SSSR count). The zero-order chi connectivity index (χ0) is 26.6. The third-order valence-electron chi connectivity index (χ3n) is 8.79. The summed E-state index contributed by atoms with van der Waals surface area (Å²) in [6, 6.07) is 2.08. The lowest BCUT2D eigenvalue weighted by Crippen LogP contribution is -2.74. The molecule has 3 fully saturated rings. The summed E-state index contributed by atoms with van der Waals surface area (Å²) in [6.45, 7) is 2.05. The second-order valence-corrected chi connectivity index (χ2v) is 11.2. The first kappa shape index (κ1) is 24.0. The summed E-state index contributed by atoms with van der Waals surface area (Å²) in [6.07, 6.45) is 0.344. The van der Waals surface area contributed by atoms with E-state index in [1.54, 1.807) is 6.07 Å². The number of primary amides is 1. The number of phenolic OH excluding ortho intramolecular Hbond substituents is 1. The van der Waals surface area contributed by atoms with E-state index in [1.165, 1.54) is 6.07 Å². The summed E-state index contributed by atoms with van der Waals surface area (Å²) in [4.78, 5) is 43.4. The summed E-state index contributed by atoms with van der Waals surface area (Å²) in [5, 5.41) is 44.7. The molecule has 6 N–H and O–H groups in total. The van der Waals surface area contributed by atoms with Crippen LogP contribution in [-0.2, 0) is 25.5 Å². The van der Waals surface area contributed by atoms with E-state index in [0.29, 0.717) is 31.9 Å². The third-order valence-corrected chi connectivity index (χ3v) is 8.79. The van der Waals surface area contributed by atoms with Crippen LogP contribution in [0.1, 0.15) is 17.5 Å². The Balaban J connectivity index is 1.51. The molecule has 0 radical (unpaired) electrons. The normalized spacial score (nSPS) is 32.4. The van der Waals surface area contributed by atoms with Crippen LogP contribution in [0.15, 0.2) is 29.0 Å². The lowest BCUT2D eigenvalue weighted by molar-refractivity contribution is -0.211. The fraction of sp³-hybridized carbons (Fsp3) is 0.500. The van der Waals surface area contributed by atoms with Crippen molar-refractivity contribution in [3.05, 3.63) is 40.2 Å². The molecule has 4 atom stereocenters. The maximum absolute atomic E-state index is 14.0. The highest BCUT2D eigenvalue weighted by Gasteiger charge is 2.66. The zero-order valence-electron chi connectivity index (χ0n) is 20.5. The molecule has 37 heavy (non-hydrogen) atoms. The molecule has 11 nitrogen and oxygen atoms in total. The number of ether oxygens (including phenoxy) is 1. The van der Waals surface area contributed by atoms with E-state index in [-0.39, 0.29) is 35.1 Å². The Kier molecular flexibility index (Phi) is 4.89. The van der Waals surface area contributed by atoms with Gasteiger partial charge in [-0.05, 0) is 36.5 Å². The van der Waals surface area contributed by atoms with Gasteiger partial charge in [0, 0.05) is 49.8 Å². The van der Waals surface area contributed by atoms with Crippen molar-refractivity contribution in [2.75, 3.05) is 45.3 Å². The lowest BCUT2D eigenvalue weighted by Gasteiger charge is -2.60. The van der Waals surface area contributed by atoms with Crippen LogP contribution >= 0.6 is 0 Å². The number of likely N-dealkylation sites (tertiary alicyclic amines) is 1. The molecule has 0 bridgehead atoms. The van der Waals surface area contributed by atoms with Gasteiger partial charge in [0.25, 0.3) is 5.91 Å². The van der Waals surface area contributed by atoms with Crippen LogP contribution < -0.4 is 10.6 Å². The van der Waals surface area contributed by atoms with Crippen molar-refractivity contribution in [2.24, 2.45) is 23.0 Å². The third kappa shape index (κ3) is 2.95. The number of rotatable bonds is 3. The smallest absolute Gasteiger partial charge is 0.255 e. The molecule has 0 unspecified atom stereocenters. The number of hydrogen-bond donors (Lipinski definition) is 5. The van der Waals surface area contributed by atoms with Gasteiger partial charge < -0.3 is 35.8 Å². The number of phenols is 1. The second kappa shape index (κ2) is 7.56. The summed E-state index contributed by atoms with van der Waals surface area (Å²) >= 11 is 0. The molecule has 0 aromatic heterocycles. The molecule has 1 aromatic rings. The van der Waals surface area contributed by atoms with Gasteiger partial charge >= 0.3 is 0 Å². The Labute approximate surface area is 212 Å². The van der Waals surface area contributed by atoms with E-state index in [2.05, 4.69) is 0 Å². The molecule has 1 amide bonds. The molecular formula is C26H29N3O8. The van der Waals surface area contributed by atoms with E-state index < -0.39 is 58.0 Å². The highest BCUT2D eigenvalue weighted by molar-refractivity contribution is 6.24. The first-order valence-corrected chi connectivity index (χ1v) is 12.2. The van der Waals surface area contributed by atoms with Crippen molar-refractivity contribution < 1.29 is 39.5 Å². The molecule has 1 saturated carbocycles. The predicted molar refractivity (Wildman–Crippen MR) is 130 cm³/mol. The van der Waals surface area contributed by atoms with Gasteiger partial charge in [-0.25, -0.2) is 0 Å². The summed E-state index contributed by atoms with van der Waals surface area (Å²) < 4.78 is 5.32. The van der Waals surface area contributed by atoms with E-state index in [0.717, 1.165) is 5.69 Å². The van der Waals surface area contributed by atoms with E-state index >= 15 is 0 Å². The van der Waals surface area contributed by atoms with Gasteiger partial charge in [-0.1, -0.05) is 0 Å². The maximum Gasteiger partial charge on any atom is 0.255 e. The number of anilines is 1. The number of amides is 1. The van der Waals surface area contributed by atoms with Crippen LogP contribution in [0.25, 0.3) is 5.76 Å². The number of aliphatic hydroxyl groups excluding tert-OH is 2. The second-order valence-electron chi connectivity index (χ2n) is 11.2. The van der Waals surface area contributed by atoms with Crippen molar-refractivity contribution >= 4 is 28.9 Å². The monoisotopic (exact) mass is 511 g/mol. The Hall–Kier alpha value is -3.41. The number of Topliss-reactive ketones (excluding diaryl/α,β-unsaturated/α-hetero) is 2. The highest BCUT2D eigenvalue weighted by Crippen LogP contribution is 2.55. The van der Waals surface area contributed by atoms with E-state index in [9.17, 15) is 34.8 Å². The topological polar surface area (TPSA) is 174 Å². The lowest BCUT2D eigenvalue weighted by atomic mass is 9.56. The summed E-state index contributed by atoms with van der Waals surface area (Å²) in [7, 11) is 3.64. The van der Waals surface area contributed by atoms with Gasteiger partial charge in [0.2, 0.25) is 5.78 Å². The number of hydrogen-bond acceptors (Lipinski definition) is 10. The quantitative estimate of drug-likeness (QED) is 0.342. The van der Waals surface area contributed by atoms with Crippen LogP contribution in [0, 0.1) is 17.3 Å². The summed E-state index contributed by atoms with van der Waals surface area (Å²) in [5.74, 6) is -6.41. The minimum atomic E-state index is -2.63. The molecule has 2 aliphatic heterocycles. The number of benzene rings is 1. The van der Waals surface area contributed by atoms with Crippen molar-refractivity contribution in [1.29, 1.82) is 0 Å². The van der Waals surface area contributed by atoms with E-state index in [1.807, 2.05) is 23.9 Å². The SMILES string of the molecule is CN(C)c1ccc(O)c2c1C[C@H]1C[C@H]3[C@@H](N4CC5(COC5)C4)C(=O)C(C(N)=O)=C(O)[C@@]3(O)C(=O)C1=C2O. The van der Waals surface area contributed by atoms with Gasteiger partial charge in [0.15, 0.2) is 11.4 Å². The van der Waals surface area contributed by atoms with Gasteiger partial charge in [-0.2, -0.15) is 0 Å². The van der Waals surface area contributed by atoms with Crippen LogP contribution in [0.3, 0.4) is 0 Å². The Morgan fingerprint density at radius 3 is 2.41 bits per heavy atom. The fourth-order valence-corrected chi connectivity index (χ4v) is 7.06. The number of nitrogens with zero attached hydrogens (tertiary/aromatic N) is 2. The maximum atomic E-state index is 14.0. The summed E-state index contributed by atoms with van der Waals surface area (Å²) in [5.41, 5.74) is 3.24. The van der Waals surface area contributed by atoms with Crippen LogP contribution in [0.5, 0.6) is 5.75 Å². The number of ketones is 2. The van der Waals surface area contributed by atoms with E-state index in [4.69, 9.17) is 10.5 Å². The molecule has 2 heterocycles. The molecule has 2 saturated heterocycles. The molecule has 196 valence electrons. The Morgan fingerprint density at radius 1 is 1.16 bits per heavy atom. The Bertz CT molecular complexity index is 1340. The van der Waals surface area contributed by atoms with Crippen LogP contribution in [0.2, 0.25) is 0 Å². The first-order valence-electron chi connectivity index (χ1n) is 12.2. The number of aliphatic hydroxyl groups is 3. The number of carbonyl (C=O) groups is 3. The number of aromatic hydroxyl groups is 1. The molecule has 5 aliphatic rings. The average molecular weight is 512 g/mol. The molecule has 1 aromatic carbocycles. The average Bonchev–Trinajstić information content (AvgIpc) is 2.75. The molecule has 1 spiro atoms. The molecular weight excluding hydrogens is 482 g/mol. The van der Waals surface area contributed by atoms with Gasteiger partial charge in [0.1, 0.15) is 22.8 Å². The first-order chi connectivity index (χ1) is 17.4. The fourth-order valence-electron chi connectivity index (χ4n) is 7.06. The van der Waals surface area contributed by atoms with Crippen molar-refractivity contribution in [2.45, 2.75) is 24.5 Å². The van der Waals surface area contributed by atoms with Gasteiger partial charge in [0.05, 0.1) is 24.8 Å². The number of fused-ring (bicyclic) bond motifs is 3. The van der Waals surface area contributed by atoms with Crippen LogP contribution in [0.4, 0.5) is 5.69 Å². The van der Waals surface area contributed by atoms with Crippen molar-refractivity contribution in [3.63, 3.8) is 0 Å². The van der Waals surface area contributed by atoms with Gasteiger partial charge in [-0.15, -0.1) is 0 Å². The number of carbonyl (C=O) groups excluding carboxylic acids is 3. The van der Waals surface area contributed by atoms with Crippen LogP contribution in [-0.4, -0.2) is 94.8 Å². The minimum absolute atomic E-state index is 0.0795. The minimum Gasteiger partial charge on any atom is -0.508 e. The van der Waals surface area contributed by atoms with Crippen molar-refractivity contribution in [3.8, 4) is 5.75 Å². The number of nitrogens with two attached hydrogens (primary N) is 1. The van der Waals surface area contributed by atoms with Crippen molar-refractivity contribution in [1.82, 2.24) is 4.90 Å².